The molecule has 0 aliphatic heterocycles. The van der Waals surface area contributed by atoms with Crippen LogP contribution in [0.25, 0.3) is 22.0 Å². The summed E-state index contributed by atoms with van der Waals surface area (Å²) in [6, 6.07) is 6.54. The minimum Gasteiger partial charge on any atom is -0.493 e. The van der Waals surface area contributed by atoms with Crippen molar-refractivity contribution < 1.29 is 26.7 Å². The minimum absolute atomic E-state index is 0.0172. The van der Waals surface area contributed by atoms with Gasteiger partial charge in [0.15, 0.2) is 0 Å². The Kier molecular flexibility index (Phi) is 6.26. The van der Waals surface area contributed by atoms with Gasteiger partial charge in [0.2, 0.25) is 0 Å². The molecule has 0 aliphatic carbocycles. The molecular formula is C22H21F5N2O. The number of pyridine rings is 1. The fourth-order valence-corrected chi connectivity index (χ4v) is 3.42. The van der Waals surface area contributed by atoms with Crippen molar-refractivity contribution in [3.05, 3.63) is 59.8 Å². The molecule has 0 aliphatic rings. The van der Waals surface area contributed by atoms with Gasteiger partial charge in [-0.1, -0.05) is 13.0 Å². The molecule has 0 radical (unpaired) electrons. The second kappa shape index (κ2) is 8.55. The highest BCUT2D eigenvalue weighted by Gasteiger charge is 2.35. The number of nitrogens with zero attached hydrogens (tertiary/aromatic N) is 1. The van der Waals surface area contributed by atoms with Gasteiger partial charge in [-0.3, -0.25) is 4.98 Å². The van der Waals surface area contributed by atoms with Gasteiger partial charge in [-0.25, -0.2) is 8.78 Å². The Labute approximate surface area is 170 Å². The van der Waals surface area contributed by atoms with E-state index in [4.69, 9.17) is 10.5 Å². The Bertz CT molecular complexity index is 1050. The number of halogens is 5. The van der Waals surface area contributed by atoms with Crippen molar-refractivity contribution in [1.82, 2.24) is 4.98 Å². The Morgan fingerprint density at radius 2 is 1.80 bits per heavy atom. The molecule has 1 aromatic heterocycles. The lowest BCUT2D eigenvalue weighted by atomic mass is 9.98. The van der Waals surface area contributed by atoms with Crippen molar-refractivity contribution in [1.29, 1.82) is 0 Å². The minimum atomic E-state index is -4.68. The molecule has 0 amide bonds. The molecule has 2 unspecified atom stereocenters. The third kappa shape index (κ3) is 4.87. The Hall–Kier alpha value is -2.74. The van der Waals surface area contributed by atoms with E-state index >= 15 is 0 Å². The van der Waals surface area contributed by atoms with Gasteiger partial charge in [-0.15, -0.1) is 0 Å². The van der Waals surface area contributed by atoms with E-state index in [-0.39, 0.29) is 46.3 Å². The van der Waals surface area contributed by atoms with Gasteiger partial charge in [0, 0.05) is 29.8 Å². The molecule has 0 fully saturated rings. The fraction of sp³-hybridized carbons (Fsp3) is 0.318. The topological polar surface area (TPSA) is 48.1 Å². The van der Waals surface area contributed by atoms with Crippen molar-refractivity contribution in [3.8, 4) is 16.9 Å². The monoisotopic (exact) mass is 424 g/mol. The van der Waals surface area contributed by atoms with E-state index in [1.54, 1.807) is 0 Å². The second-order valence-electron chi connectivity index (χ2n) is 7.48. The number of nitrogens with two attached hydrogens (primary N) is 1. The summed E-state index contributed by atoms with van der Waals surface area (Å²) in [5, 5.41) is -0.0498. The normalized spacial score (nSPS) is 14.0. The predicted octanol–water partition coefficient (Wildman–Crippen LogP) is 5.95. The molecule has 2 aromatic carbocycles. The molecule has 160 valence electrons. The number of hydrogen-bond donors (Lipinski definition) is 1. The lowest BCUT2D eigenvalue weighted by Crippen LogP contribution is -2.22. The van der Waals surface area contributed by atoms with E-state index in [0.29, 0.717) is 12.5 Å². The maximum Gasteiger partial charge on any atom is 0.419 e. The van der Waals surface area contributed by atoms with Crippen LogP contribution in [0.1, 0.15) is 25.8 Å². The first-order valence-corrected chi connectivity index (χ1v) is 9.40. The third-order valence-electron chi connectivity index (χ3n) is 4.65. The van der Waals surface area contributed by atoms with Gasteiger partial charge in [0.05, 0.1) is 17.7 Å². The molecule has 2 atom stereocenters. The maximum atomic E-state index is 14.4. The molecule has 8 heteroatoms. The molecule has 1 heterocycles. The SMILES string of the molecule is CC(N)CC(C)COc1ccc(-c2ccnc3cc(F)cc(F)c23)cc1C(F)(F)F. The highest BCUT2D eigenvalue weighted by molar-refractivity contribution is 5.95. The fourth-order valence-electron chi connectivity index (χ4n) is 3.42. The van der Waals surface area contributed by atoms with Gasteiger partial charge in [0.1, 0.15) is 17.4 Å². The van der Waals surface area contributed by atoms with Crippen LogP contribution in [0.5, 0.6) is 5.75 Å². The van der Waals surface area contributed by atoms with Gasteiger partial charge in [-0.05, 0) is 48.6 Å². The van der Waals surface area contributed by atoms with E-state index in [1.807, 2.05) is 13.8 Å². The van der Waals surface area contributed by atoms with Crippen molar-refractivity contribution in [3.63, 3.8) is 0 Å². The standard InChI is InChI=1S/C22H21F5N2O/c1-12(7-13(2)28)11-30-20-4-3-14(8-17(20)22(25,26)27)16-5-6-29-19-10-15(23)9-18(24)21(16)19/h3-6,8-10,12-13H,7,11,28H2,1-2H3. The van der Waals surface area contributed by atoms with Gasteiger partial charge >= 0.3 is 6.18 Å². The molecule has 3 rings (SSSR count). The van der Waals surface area contributed by atoms with Gasteiger partial charge in [0.25, 0.3) is 0 Å². The summed E-state index contributed by atoms with van der Waals surface area (Å²) in [6.45, 7) is 3.74. The van der Waals surface area contributed by atoms with Crippen molar-refractivity contribution in [2.75, 3.05) is 6.61 Å². The molecule has 0 spiro atoms. The van der Waals surface area contributed by atoms with Gasteiger partial charge in [-0.2, -0.15) is 13.2 Å². The van der Waals surface area contributed by atoms with Crippen LogP contribution in [0.2, 0.25) is 0 Å². The first-order valence-electron chi connectivity index (χ1n) is 9.40. The van der Waals surface area contributed by atoms with Crippen molar-refractivity contribution in [2.45, 2.75) is 32.5 Å². The van der Waals surface area contributed by atoms with E-state index < -0.39 is 23.4 Å². The molecule has 3 nitrogen and oxygen atoms in total. The van der Waals surface area contributed by atoms with Crippen LogP contribution in [0.3, 0.4) is 0 Å². The molecule has 2 N–H and O–H groups in total. The zero-order valence-electron chi connectivity index (χ0n) is 16.4. The number of aromatic nitrogens is 1. The lowest BCUT2D eigenvalue weighted by molar-refractivity contribution is -0.139. The van der Waals surface area contributed by atoms with Crippen molar-refractivity contribution in [2.24, 2.45) is 11.7 Å². The summed E-state index contributed by atoms with van der Waals surface area (Å²) < 4.78 is 74.4. The van der Waals surface area contributed by atoms with Crippen LogP contribution in [-0.2, 0) is 6.18 Å². The summed E-state index contributed by atoms with van der Waals surface area (Å²) in [4.78, 5) is 3.91. The number of alkyl halides is 3. The van der Waals surface area contributed by atoms with Gasteiger partial charge < -0.3 is 10.5 Å². The first-order chi connectivity index (χ1) is 14.1. The summed E-state index contributed by atoms with van der Waals surface area (Å²) in [5.41, 5.74) is 5.07. The van der Waals surface area contributed by atoms with Crippen LogP contribution in [0.15, 0.2) is 42.6 Å². The zero-order chi connectivity index (χ0) is 22.1. The maximum absolute atomic E-state index is 14.4. The van der Waals surface area contributed by atoms with Crippen LogP contribution in [0, 0.1) is 17.6 Å². The Morgan fingerprint density at radius 1 is 1.07 bits per heavy atom. The number of hydrogen-bond acceptors (Lipinski definition) is 3. The van der Waals surface area contributed by atoms with Crippen LogP contribution in [-0.4, -0.2) is 17.6 Å². The Morgan fingerprint density at radius 3 is 2.47 bits per heavy atom. The largest absolute Gasteiger partial charge is 0.493 e. The molecule has 0 bridgehead atoms. The molecular weight excluding hydrogens is 403 g/mol. The molecule has 0 saturated carbocycles. The second-order valence-corrected chi connectivity index (χ2v) is 7.48. The lowest BCUT2D eigenvalue weighted by Gasteiger charge is -2.19. The van der Waals surface area contributed by atoms with E-state index in [2.05, 4.69) is 4.98 Å². The summed E-state index contributed by atoms with van der Waals surface area (Å²) in [7, 11) is 0. The van der Waals surface area contributed by atoms with Crippen LogP contribution in [0.4, 0.5) is 22.0 Å². The summed E-state index contributed by atoms with van der Waals surface area (Å²) >= 11 is 0. The van der Waals surface area contributed by atoms with Crippen molar-refractivity contribution >= 4 is 10.9 Å². The quantitative estimate of drug-likeness (QED) is 0.498. The van der Waals surface area contributed by atoms with E-state index in [0.717, 1.165) is 12.1 Å². The number of rotatable bonds is 6. The van der Waals surface area contributed by atoms with E-state index in [9.17, 15) is 22.0 Å². The number of benzene rings is 2. The number of ether oxygens (including phenoxy) is 1. The highest BCUT2D eigenvalue weighted by Crippen LogP contribution is 2.40. The first kappa shape index (κ1) is 22.0. The van der Waals surface area contributed by atoms with E-state index in [1.165, 1.54) is 24.4 Å². The Balaban J connectivity index is 2.03. The van der Waals surface area contributed by atoms with Crippen LogP contribution < -0.4 is 10.5 Å². The average Bonchev–Trinajstić information content (AvgIpc) is 2.64. The highest BCUT2D eigenvalue weighted by atomic mass is 19.4. The predicted molar refractivity (Wildman–Crippen MR) is 105 cm³/mol. The summed E-state index contributed by atoms with van der Waals surface area (Å²) in [5.74, 6) is -2.05. The third-order valence-corrected chi connectivity index (χ3v) is 4.65. The smallest absolute Gasteiger partial charge is 0.419 e. The molecule has 0 saturated heterocycles. The van der Waals surface area contributed by atoms with Crippen LogP contribution >= 0.6 is 0 Å². The summed E-state index contributed by atoms with van der Waals surface area (Å²) in [6.07, 6.45) is -2.77. The molecule has 3 aromatic rings. The number of fused-ring (bicyclic) bond motifs is 1. The average molecular weight is 424 g/mol. The zero-order valence-corrected chi connectivity index (χ0v) is 16.4. The molecule has 30 heavy (non-hydrogen) atoms.